The Bertz CT molecular complexity index is 509. The summed E-state index contributed by atoms with van der Waals surface area (Å²) in [4.78, 5) is 10.7. The van der Waals surface area contributed by atoms with Crippen LogP contribution < -0.4 is 9.46 Å². The molecule has 0 aliphatic heterocycles. The lowest BCUT2D eigenvalue weighted by Gasteiger charge is -2.16. The zero-order valence-electron chi connectivity index (χ0n) is 10.1. The van der Waals surface area contributed by atoms with Crippen molar-refractivity contribution in [3.05, 3.63) is 29.8 Å². The Morgan fingerprint density at radius 3 is 2.33 bits per heavy atom. The maximum absolute atomic E-state index is 11.2. The van der Waals surface area contributed by atoms with Crippen LogP contribution in [0.15, 0.2) is 24.3 Å². The van der Waals surface area contributed by atoms with Gasteiger partial charge in [-0.15, -0.1) is 0 Å². The molecule has 1 atom stereocenters. The van der Waals surface area contributed by atoms with Gasteiger partial charge in [-0.1, -0.05) is 12.1 Å². The van der Waals surface area contributed by atoms with Crippen molar-refractivity contribution in [2.45, 2.75) is 12.5 Å². The van der Waals surface area contributed by atoms with Gasteiger partial charge >= 0.3 is 5.97 Å². The standard InChI is InChI=1S/C11H15NO5S/c1-17-9-5-3-8(4-6-9)10(7-11(13)14)12-18(2,15)16/h3-6,10,12H,7H2,1-2H3,(H,13,14). The van der Waals surface area contributed by atoms with Crippen molar-refractivity contribution in [1.29, 1.82) is 0 Å². The second-order valence-electron chi connectivity index (χ2n) is 3.81. The SMILES string of the molecule is COc1ccc(C(CC(=O)O)NS(C)(=O)=O)cc1. The number of hydrogen-bond acceptors (Lipinski definition) is 4. The second kappa shape index (κ2) is 5.83. The topological polar surface area (TPSA) is 92.7 Å². The molecule has 0 heterocycles. The second-order valence-corrected chi connectivity index (χ2v) is 5.59. The van der Waals surface area contributed by atoms with E-state index in [1.54, 1.807) is 24.3 Å². The number of carboxylic acids is 1. The lowest BCUT2D eigenvalue weighted by Crippen LogP contribution is -2.29. The van der Waals surface area contributed by atoms with E-state index in [4.69, 9.17) is 9.84 Å². The van der Waals surface area contributed by atoms with E-state index >= 15 is 0 Å². The van der Waals surface area contributed by atoms with Gasteiger partial charge in [0.1, 0.15) is 5.75 Å². The monoisotopic (exact) mass is 273 g/mol. The maximum Gasteiger partial charge on any atom is 0.305 e. The van der Waals surface area contributed by atoms with Crippen molar-refractivity contribution in [3.63, 3.8) is 0 Å². The summed E-state index contributed by atoms with van der Waals surface area (Å²) in [6.07, 6.45) is 0.671. The third kappa shape index (κ3) is 4.72. The molecular formula is C11H15NO5S. The molecule has 0 bridgehead atoms. The fourth-order valence-electron chi connectivity index (χ4n) is 1.50. The quantitative estimate of drug-likeness (QED) is 0.798. The Hall–Kier alpha value is -1.60. The van der Waals surface area contributed by atoms with Crippen LogP contribution >= 0.6 is 0 Å². The van der Waals surface area contributed by atoms with Crippen molar-refractivity contribution in [2.75, 3.05) is 13.4 Å². The molecule has 1 unspecified atom stereocenters. The predicted molar refractivity (Wildman–Crippen MR) is 66.0 cm³/mol. The average Bonchev–Trinajstić information content (AvgIpc) is 2.26. The number of benzene rings is 1. The van der Waals surface area contributed by atoms with E-state index in [0.717, 1.165) is 6.26 Å². The number of carboxylic acid groups (broad SMARTS) is 1. The molecule has 0 aromatic heterocycles. The number of rotatable bonds is 6. The summed E-state index contributed by atoms with van der Waals surface area (Å²) in [6.45, 7) is 0. The summed E-state index contributed by atoms with van der Waals surface area (Å²) >= 11 is 0. The summed E-state index contributed by atoms with van der Waals surface area (Å²) < 4.78 is 29.6. The number of carbonyl (C=O) groups is 1. The largest absolute Gasteiger partial charge is 0.497 e. The van der Waals surface area contributed by atoms with Crippen molar-refractivity contribution in [2.24, 2.45) is 0 Å². The van der Waals surface area contributed by atoms with Gasteiger partial charge in [0.05, 0.1) is 25.8 Å². The minimum atomic E-state index is -3.48. The van der Waals surface area contributed by atoms with Crippen molar-refractivity contribution >= 4 is 16.0 Å². The predicted octanol–water partition coefficient (Wildman–Crippen LogP) is 0.760. The first-order valence-electron chi connectivity index (χ1n) is 5.15. The van der Waals surface area contributed by atoms with Crippen LogP contribution in [0.3, 0.4) is 0 Å². The van der Waals surface area contributed by atoms with Crippen LogP contribution in [0.1, 0.15) is 18.0 Å². The van der Waals surface area contributed by atoms with Gasteiger partial charge < -0.3 is 9.84 Å². The highest BCUT2D eigenvalue weighted by Gasteiger charge is 2.19. The van der Waals surface area contributed by atoms with Gasteiger partial charge in [0.2, 0.25) is 10.0 Å². The molecule has 1 aromatic carbocycles. The normalized spacial score (nSPS) is 13.0. The molecule has 2 N–H and O–H groups in total. The van der Waals surface area contributed by atoms with Crippen LogP contribution in [0.2, 0.25) is 0 Å². The molecule has 7 heteroatoms. The van der Waals surface area contributed by atoms with Crippen molar-refractivity contribution in [1.82, 2.24) is 4.72 Å². The third-order valence-corrected chi connectivity index (χ3v) is 2.97. The molecule has 6 nitrogen and oxygen atoms in total. The highest BCUT2D eigenvalue weighted by molar-refractivity contribution is 7.88. The summed E-state index contributed by atoms with van der Waals surface area (Å²) in [5, 5.41) is 8.78. The molecule has 0 spiro atoms. The molecule has 0 saturated heterocycles. The molecule has 0 amide bonds. The number of sulfonamides is 1. The minimum absolute atomic E-state index is 0.320. The summed E-state index contributed by atoms with van der Waals surface area (Å²) in [7, 11) is -1.96. The van der Waals surface area contributed by atoms with Crippen LogP contribution in [-0.2, 0) is 14.8 Å². The molecule has 18 heavy (non-hydrogen) atoms. The summed E-state index contributed by atoms with van der Waals surface area (Å²) in [5.74, 6) is -0.459. The molecule has 0 fully saturated rings. The van der Waals surface area contributed by atoms with Gasteiger partial charge in [-0.25, -0.2) is 13.1 Å². The van der Waals surface area contributed by atoms with Crippen LogP contribution in [0.5, 0.6) is 5.75 Å². The van der Waals surface area contributed by atoms with Crippen LogP contribution in [0.4, 0.5) is 0 Å². The van der Waals surface area contributed by atoms with Crippen molar-refractivity contribution < 1.29 is 23.1 Å². The van der Waals surface area contributed by atoms with Gasteiger partial charge in [-0.2, -0.15) is 0 Å². The minimum Gasteiger partial charge on any atom is -0.497 e. The molecule has 1 aromatic rings. The average molecular weight is 273 g/mol. The Balaban J connectivity index is 2.97. The first kappa shape index (κ1) is 14.5. The smallest absolute Gasteiger partial charge is 0.305 e. The van der Waals surface area contributed by atoms with E-state index in [9.17, 15) is 13.2 Å². The highest BCUT2D eigenvalue weighted by Crippen LogP contribution is 2.20. The third-order valence-electron chi connectivity index (χ3n) is 2.25. The molecule has 0 aliphatic carbocycles. The number of hydrogen-bond donors (Lipinski definition) is 2. The molecule has 100 valence electrons. The Morgan fingerprint density at radius 1 is 1.39 bits per heavy atom. The van der Waals surface area contributed by atoms with E-state index in [1.165, 1.54) is 7.11 Å². The highest BCUT2D eigenvalue weighted by atomic mass is 32.2. The first-order valence-corrected chi connectivity index (χ1v) is 7.04. The zero-order valence-corrected chi connectivity index (χ0v) is 10.9. The van der Waals surface area contributed by atoms with E-state index < -0.39 is 22.0 Å². The van der Waals surface area contributed by atoms with E-state index in [-0.39, 0.29) is 6.42 Å². The Labute approximate surface area is 106 Å². The molecule has 0 aliphatic rings. The first-order chi connectivity index (χ1) is 8.31. The molecular weight excluding hydrogens is 258 g/mol. The molecule has 0 radical (unpaired) electrons. The lowest BCUT2D eigenvalue weighted by atomic mass is 10.0. The van der Waals surface area contributed by atoms with Crippen LogP contribution in [0.25, 0.3) is 0 Å². The number of methoxy groups -OCH3 is 1. The van der Waals surface area contributed by atoms with Gasteiger partial charge in [0.15, 0.2) is 0 Å². The van der Waals surface area contributed by atoms with Crippen LogP contribution in [-0.4, -0.2) is 32.9 Å². The molecule has 1 rings (SSSR count). The van der Waals surface area contributed by atoms with Gasteiger partial charge in [0.25, 0.3) is 0 Å². The Morgan fingerprint density at radius 2 is 1.94 bits per heavy atom. The maximum atomic E-state index is 11.2. The molecule has 0 saturated carbocycles. The summed E-state index contributed by atoms with van der Waals surface area (Å²) in [6, 6.07) is 5.76. The van der Waals surface area contributed by atoms with Crippen molar-refractivity contribution in [3.8, 4) is 5.75 Å². The zero-order chi connectivity index (χ0) is 13.8. The van der Waals surface area contributed by atoms with Gasteiger partial charge in [-0.3, -0.25) is 4.79 Å². The fraction of sp³-hybridized carbons (Fsp3) is 0.364. The van der Waals surface area contributed by atoms with E-state index in [2.05, 4.69) is 4.72 Å². The van der Waals surface area contributed by atoms with Gasteiger partial charge in [-0.05, 0) is 17.7 Å². The van der Waals surface area contributed by atoms with E-state index in [0.29, 0.717) is 11.3 Å². The van der Waals surface area contributed by atoms with Crippen LogP contribution in [0, 0.1) is 0 Å². The fourth-order valence-corrected chi connectivity index (χ4v) is 2.23. The number of aliphatic carboxylic acids is 1. The van der Waals surface area contributed by atoms with E-state index in [1.807, 2.05) is 0 Å². The van der Waals surface area contributed by atoms with Gasteiger partial charge in [0, 0.05) is 0 Å². The number of ether oxygens (including phenoxy) is 1. The lowest BCUT2D eigenvalue weighted by molar-refractivity contribution is -0.137. The number of nitrogens with one attached hydrogen (secondary N) is 1. The Kier molecular flexibility index (Phi) is 4.69. The summed E-state index contributed by atoms with van der Waals surface area (Å²) in [5.41, 5.74) is 0.573.